The maximum atomic E-state index is 11.9. The van der Waals surface area contributed by atoms with Crippen LogP contribution in [0.5, 0.6) is 0 Å². The third-order valence-corrected chi connectivity index (χ3v) is 4.73. The molecular formula is C8H19N4O2P. The van der Waals surface area contributed by atoms with E-state index in [-0.39, 0.29) is 12.0 Å². The van der Waals surface area contributed by atoms with Crippen LogP contribution in [0.25, 0.3) is 0 Å². The molecule has 1 atom stereocenters. The van der Waals surface area contributed by atoms with Gasteiger partial charge in [0.05, 0.1) is 6.04 Å². The zero-order valence-electron chi connectivity index (χ0n) is 9.22. The van der Waals surface area contributed by atoms with Gasteiger partial charge in [-0.15, -0.1) is 0 Å². The number of piperidine rings is 1. The van der Waals surface area contributed by atoms with Gasteiger partial charge in [0.1, 0.15) is 0 Å². The molecule has 1 rings (SSSR count). The van der Waals surface area contributed by atoms with Crippen LogP contribution >= 0.6 is 7.52 Å². The monoisotopic (exact) mass is 234 g/mol. The second-order valence-electron chi connectivity index (χ2n) is 3.72. The number of aliphatic imine (C=N–C) groups is 1. The first kappa shape index (κ1) is 12.5. The van der Waals surface area contributed by atoms with Crippen LogP contribution in [0.15, 0.2) is 4.99 Å². The zero-order chi connectivity index (χ0) is 11.5. The second kappa shape index (κ2) is 4.96. The van der Waals surface area contributed by atoms with Gasteiger partial charge in [-0.3, -0.25) is 9.56 Å². The minimum Gasteiger partial charge on any atom is -0.370 e. The van der Waals surface area contributed by atoms with Gasteiger partial charge in [-0.05, 0) is 12.8 Å². The summed E-state index contributed by atoms with van der Waals surface area (Å²) in [5.41, 5.74) is 10.6. The van der Waals surface area contributed by atoms with Gasteiger partial charge in [0, 0.05) is 26.9 Å². The van der Waals surface area contributed by atoms with Crippen molar-refractivity contribution in [1.82, 2.24) is 4.67 Å². The Kier molecular flexibility index (Phi) is 4.13. The van der Waals surface area contributed by atoms with Crippen LogP contribution in [0.1, 0.15) is 12.8 Å². The highest BCUT2D eigenvalue weighted by atomic mass is 31.2. The zero-order valence-corrected chi connectivity index (χ0v) is 10.1. The molecule has 0 aliphatic carbocycles. The summed E-state index contributed by atoms with van der Waals surface area (Å²) >= 11 is 0. The van der Waals surface area contributed by atoms with E-state index in [1.54, 1.807) is 6.66 Å². The molecule has 0 aromatic rings. The first-order chi connectivity index (χ1) is 6.95. The summed E-state index contributed by atoms with van der Waals surface area (Å²) in [7, 11) is -1.11. The normalized spacial score (nSPS) is 23.3. The van der Waals surface area contributed by atoms with Crippen molar-refractivity contribution in [1.29, 1.82) is 0 Å². The maximum absolute atomic E-state index is 11.9. The van der Waals surface area contributed by atoms with Crippen LogP contribution in [-0.2, 0) is 9.09 Å². The number of nitrogens with two attached hydrogens (primary N) is 2. The molecule has 88 valence electrons. The number of nitrogens with zero attached hydrogens (tertiary/aromatic N) is 2. The van der Waals surface area contributed by atoms with Crippen LogP contribution in [0.3, 0.4) is 0 Å². The molecule has 6 nitrogen and oxygen atoms in total. The fourth-order valence-corrected chi connectivity index (χ4v) is 2.86. The Labute approximate surface area is 90.2 Å². The minimum atomic E-state index is -2.59. The van der Waals surface area contributed by atoms with Crippen molar-refractivity contribution in [3.05, 3.63) is 0 Å². The molecule has 0 spiro atoms. The molecule has 1 aliphatic heterocycles. The van der Waals surface area contributed by atoms with Crippen LogP contribution < -0.4 is 11.5 Å². The summed E-state index contributed by atoms with van der Waals surface area (Å²) in [6.45, 7) is 3.06. The average molecular weight is 234 g/mol. The van der Waals surface area contributed by atoms with E-state index in [1.807, 2.05) is 4.67 Å². The molecular weight excluding hydrogens is 215 g/mol. The lowest BCUT2D eigenvalue weighted by Crippen LogP contribution is -2.35. The average Bonchev–Trinajstić information content (AvgIpc) is 2.18. The molecule has 0 radical (unpaired) electrons. The highest BCUT2D eigenvalue weighted by molar-refractivity contribution is 7.55. The van der Waals surface area contributed by atoms with E-state index >= 15 is 0 Å². The topological polar surface area (TPSA) is 93.9 Å². The van der Waals surface area contributed by atoms with Crippen molar-refractivity contribution in [3.8, 4) is 0 Å². The smallest absolute Gasteiger partial charge is 0.269 e. The van der Waals surface area contributed by atoms with Crippen LogP contribution in [0, 0.1) is 0 Å². The van der Waals surface area contributed by atoms with Crippen LogP contribution in [0.4, 0.5) is 0 Å². The Hall–Kier alpha value is -0.580. The van der Waals surface area contributed by atoms with Gasteiger partial charge >= 0.3 is 0 Å². The highest BCUT2D eigenvalue weighted by Crippen LogP contribution is 2.47. The third kappa shape index (κ3) is 3.48. The largest absolute Gasteiger partial charge is 0.370 e. The second-order valence-corrected chi connectivity index (χ2v) is 6.26. The predicted molar refractivity (Wildman–Crippen MR) is 60.9 cm³/mol. The van der Waals surface area contributed by atoms with Gasteiger partial charge in [0.15, 0.2) is 5.96 Å². The summed E-state index contributed by atoms with van der Waals surface area (Å²) < 4.78 is 18.7. The summed E-state index contributed by atoms with van der Waals surface area (Å²) in [5, 5.41) is 0. The number of guanidine groups is 1. The van der Waals surface area contributed by atoms with Gasteiger partial charge in [-0.1, -0.05) is 0 Å². The molecule has 1 heterocycles. The van der Waals surface area contributed by atoms with Gasteiger partial charge < -0.3 is 16.0 Å². The lowest BCUT2D eigenvalue weighted by Gasteiger charge is -2.33. The van der Waals surface area contributed by atoms with E-state index in [1.165, 1.54) is 7.11 Å². The Bertz CT molecular complexity index is 282. The lowest BCUT2D eigenvalue weighted by molar-refractivity contribution is 0.267. The fraction of sp³-hybridized carbons (Fsp3) is 0.875. The molecule has 15 heavy (non-hydrogen) atoms. The van der Waals surface area contributed by atoms with E-state index in [0.29, 0.717) is 13.1 Å². The molecule has 7 heteroatoms. The van der Waals surface area contributed by atoms with E-state index in [0.717, 1.165) is 12.8 Å². The van der Waals surface area contributed by atoms with Crippen molar-refractivity contribution >= 4 is 13.5 Å². The van der Waals surface area contributed by atoms with Crippen molar-refractivity contribution < 1.29 is 9.09 Å². The van der Waals surface area contributed by atoms with Crippen LogP contribution in [-0.4, -0.2) is 43.5 Å². The van der Waals surface area contributed by atoms with Crippen molar-refractivity contribution in [3.63, 3.8) is 0 Å². The van der Waals surface area contributed by atoms with E-state index < -0.39 is 7.52 Å². The molecule has 1 saturated heterocycles. The predicted octanol–water partition coefficient (Wildman–Crippen LogP) is 0.194. The van der Waals surface area contributed by atoms with Gasteiger partial charge in [-0.25, -0.2) is 4.67 Å². The lowest BCUT2D eigenvalue weighted by atomic mass is 10.1. The quantitative estimate of drug-likeness (QED) is 0.413. The van der Waals surface area contributed by atoms with E-state index in [9.17, 15) is 4.57 Å². The fourth-order valence-electron chi connectivity index (χ4n) is 1.67. The van der Waals surface area contributed by atoms with E-state index in [4.69, 9.17) is 16.0 Å². The minimum absolute atomic E-state index is 0.125. The van der Waals surface area contributed by atoms with Gasteiger partial charge in [-0.2, -0.15) is 0 Å². The third-order valence-electron chi connectivity index (χ3n) is 2.63. The highest BCUT2D eigenvalue weighted by Gasteiger charge is 2.29. The molecule has 0 amide bonds. The Balaban J connectivity index is 2.50. The Morgan fingerprint density at radius 1 is 1.47 bits per heavy atom. The molecule has 0 aromatic heterocycles. The van der Waals surface area contributed by atoms with Crippen molar-refractivity contribution in [2.75, 3.05) is 26.9 Å². The van der Waals surface area contributed by atoms with Crippen LogP contribution in [0.2, 0.25) is 0 Å². The number of hydrogen-bond acceptors (Lipinski definition) is 3. The first-order valence-electron chi connectivity index (χ1n) is 4.93. The summed E-state index contributed by atoms with van der Waals surface area (Å²) in [5.74, 6) is 0.125. The summed E-state index contributed by atoms with van der Waals surface area (Å²) in [4.78, 5) is 4.09. The molecule has 0 bridgehead atoms. The maximum Gasteiger partial charge on any atom is 0.269 e. The molecule has 1 aliphatic rings. The van der Waals surface area contributed by atoms with Gasteiger partial charge in [0.2, 0.25) is 0 Å². The summed E-state index contributed by atoms with van der Waals surface area (Å²) in [6.07, 6.45) is 1.64. The SMILES string of the molecule is COP(C)(=O)N1CCC(N=C(N)N)CC1. The Morgan fingerprint density at radius 2 is 2.00 bits per heavy atom. The molecule has 0 aromatic carbocycles. The number of hydrogen-bond donors (Lipinski definition) is 2. The standard InChI is InChI=1S/C8H19N4O2P/c1-14-15(2,13)12-5-3-7(4-6-12)11-8(9)10/h7H,3-6H2,1-2H3,(H4,9,10,11). The van der Waals surface area contributed by atoms with E-state index in [2.05, 4.69) is 4.99 Å². The van der Waals surface area contributed by atoms with Crippen molar-refractivity contribution in [2.45, 2.75) is 18.9 Å². The molecule has 1 fully saturated rings. The molecule has 1 unspecified atom stereocenters. The Morgan fingerprint density at radius 3 is 2.40 bits per heavy atom. The molecule has 4 N–H and O–H groups in total. The first-order valence-corrected chi connectivity index (χ1v) is 6.95. The summed E-state index contributed by atoms with van der Waals surface area (Å²) in [6, 6.07) is 0.156. The van der Waals surface area contributed by atoms with Gasteiger partial charge in [0.25, 0.3) is 7.52 Å². The number of rotatable bonds is 3. The van der Waals surface area contributed by atoms with Crippen molar-refractivity contribution in [2.24, 2.45) is 16.5 Å². The molecule has 0 saturated carbocycles.